The molecule has 2 fully saturated rings. The SMILES string of the molecule is CCC(=O)N[C@@H](C(=O)N1CCN(C)CC1)[C@@H](C)c1ccc(NC(=O)[C@@H](NC(=O)C(F)(F)c2ccc(OC)cc2)C2CCC(F)(F)CC2)c(F)c1. The van der Waals surface area contributed by atoms with E-state index >= 15 is 13.2 Å². The van der Waals surface area contributed by atoms with E-state index in [1.807, 2.05) is 7.05 Å². The minimum atomic E-state index is -4.10. The molecule has 2 aliphatic rings. The highest BCUT2D eigenvalue weighted by Crippen LogP contribution is 2.38. The standard InChI is InChI=1S/C35H44F5N5O5/c1-5-28(46)42-29(32(48)45-18-16-44(3)17-19-45)21(2)23-6-11-27(26(36)20-23)41-31(47)30(22-12-14-34(37,38)15-13-22)43-33(49)35(39,40)24-7-9-25(50-4)10-8-24/h6-11,20-22,29-30H,5,12-19H2,1-4H3,(H,41,47)(H,42,46)(H,43,49)/t21-,29+,30-/m0/s1. The topological polar surface area (TPSA) is 120 Å². The number of hydrogen-bond donors (Lipinski definition) is 3. The molecule has 3 N–H and O–H groups in total. The van der Waals surface area contributed by atoms with Gasteiger partial charge in [-0.15, -0.1) is 0 Å². The van der Waals surface area contributed by atoms with Gasteiger partial charge in [-0.05, 0) is 67.8 Å². The molecule has 0 unspecified atom stereocenters. The molecule has 274 valence electrons. The molecule has 1 heterocycles. The van der Waals surface area contributed by atoms with Crippen LogP contribution in [0.5, 0.6) is 5.75 Å². The number of carbonyl (C=O) groups excluding carboxylic acids is 4. The number of amides is 4. The van der Waals surface area contributed by atoms with E-state index in [4.69, 9.17) is 4.74 Å². The predicted molar refractivity (Wildman–Crippen MR) is 175 cm³/mol. The summed E-state index contributed by atoms with van der Waals surface area (Å²) in [7, 11) is 3.28. The Morgan fingerprint density at radius 2 is 1.60 bits per heavy atom. The van der Waals surface area contributed by atoms with Crippen LogP contribution in [0.3, 0.4) is 0 Å². The Kier molecular flexibility index (Phi) is 12.5. The summed E-state index contributed by atoms with van der Waals surface area (Å²) < 4.78 is 79.0. The van der Waals surface area contributed by atoms with Crippen molar-refractivity contribution in [1.29, 1.82) is 0 Å². The maximum absolute atomic E-state index is 15.6. The van der Waals surface area contributed by atoms with Crippen LogP contribution in [0, 0.1) is 11.7 Å². The van der Waals surface area contributed by atoms with E-state index in [0.717, 1.165) is 18.2 Å². The second-order valence-corrected chi connectivity index (χ2v) is 13.0. The van der Waals surface area contributed by atoms with Crippen LogP contribution in [-0.4, -0.2) is 91.8 Å². The molecule has 3 atom stereocenters. The van der Waals surface area contributed by atoms with Gasteiger partial charge in [0.1, 0.15) is 23.7 Å². The minimum Gasteiger partial charge on any atom is -0.497 e. The second kappa shape index (κ2) is 16.2. The fraction of sp³-hybridized carbons (Fsp3) is 0.543. The molecule has 0 radical (unpaired) electrons. The van der Waals surface area contributed by atoms with Crippen LogP contribution in [0.1, 0.15) is 63.0 Å². The Balaban J connectivity index is 1.54. The third kappa shape index (κ3) is 9.29. The molecule has 4 rings (SSSR count). The first kappa shape index (κ1) is 38.5. The largest absolute Gasteiger partial charge is 0.497 e. The Morgan fingerprint density at radius 3 is 2.16 bits per heavy atom. The number of methoxy groups -OCH3 is 1. The number of hydrogen-bond acceptors (Lipinski definition) is 6. The first-order chi connectivity index (χ1) is 23.6. The van der Waals surface area contributed by atoms with E-state index in [-0.39, 0.29) is 42.5 Å². The number of nitrogens with one attached hydrogen (secondary N) is 3. The van der Waals surface area contributed by atoms with Crippen molar-refractivity contribution in [2.24, 2.45) is 5.92 Å². The van der Waals surface area contributed by atoms with Crippen molar-refractivity contribution in [3.63, 3.8) is 0 Å². The summed E-state index contributed by atoms with van der Waals surface area (Å²) in [5, 5.41) is 7.13. The fourth-order valence-corrected chi connectivity index (χ4v) is 6.18. The van der Waals surface area contributed by atoms with Crippen molar-refractivity contribution in [3.8, 4) is 5.75 Å². The quantitative estimate of drug-likeness (QED) is 0.277. The van der Waals surface area contributed by atoms with Crippen LogP contribution in [0.4, 0.5) is 27.6 Å². The molecule has 0 spiro atoms. The van der Waals surface area contributed by atoms with E-state index in [2.05, 4.69) is 20.9 Å². The zero-order valence-electron chi connectivity index (χ0n) is 28.5. The van der Waals surface area contributed by atoms with Crippen LogP contribution >= 0.6 is 0 Å². The van der Waals surface area contributed by atoms with Gasteiger partial charge >= 0.3 is 5.92 Å². The highest BCUT2D eigenvalue weighted by molar-refractivity contribution is 5.98. The van der Waals surface area contributed by atoms with E-state index in [1.165, 1.54) is 31.4 Å². The molecule has 1 aliphatic heterocycles. The summed E-state index contributed by atoms with van der Waals surface area (Å²) in [4.78, 5) is 56.1. The van der Waals surface area contributed by atoms with E-state index in [0.29, 0.717) is 31.7 Å². The molecule has 1 aliphatic carbocycles. The molecule has 2 aromatic rings. The Labute approximate surface area is 288 Å². The third-order valence-corrected chi connectivity index (χ3v) is 9.54. The van der Waals surface area contributed by atoms with Gasteiger partial charge in [0.2, 0.25) is 23.6 Å². The number of benzene rings is 2. The first-order valence-electron chi connectivity index (χ1n) is 16.6. The van der Waals surface area contributed by atoms with Gasteiger partial charge in [-0.2, -0.15) is 8.78 Å². The molecular weight excluding hydrogens is 665 g/mol. The van der Waals surface area contributed by atoms with Crippen molar-refractivity contribution >= 4 is 29.3 Å². The number of rotatable bonds is 12. The summed E-state index contributed by atoms with van der Waals surface area (Å²) in [6.07, 6.45) is -1.60. The van der Waals surface area contributed by atoms with Gasteiger partial charge in [0, 0.05) is 56.9 Å². The maximum Gasteiger partial charge on any atom is 0.349 e. The Bertz CT molecular complexity index is 1520. The fourth-order valence-electron chi connectivity index (χ4n) is 6.18. The van der Waals surface area contributed by atoms with Crippen LogP contribution in [0.15, 0.2) is 42.5 Å². The van der Waals surface area contributed by atoms with Crippen molar-refractivity contribution < 1.29 is 45.9 Å². The molecule has 4 amide bonds. The smallest absolute Gasteiger partial charge is 0.349 e. The molecule has 10 nitrogen and oxygen atoms in total. The van der Waals surface area contributed by atoms with Crippen molar-refractivity contribution in [2.45, 2.75) is 75.8 Å². The van der Waals surface area contributed by atoms with Crippen molar-refractivity contribution in [2.75, 3.05) is 45.7 Å². The predicted octanol–water partition coefficient (Wildman–Crippen LogP) is 4.65. The van der Waals surface area contributed by atoms with Crippen LogP contribution < -0.4 is 20.7 Å². The average molecular weight is 710 g/mol. The zero-order chi connectivity index (χ0) is 36.8. The van der Waals surface area contributed by atoms with Crippen molar-refractivity contribution in [1.82, 2.24) is 20.4 Å². The molecule has 1 saturated carbocycles. The lowest BCUT2D eigenvalue weighted by atomic mass is 9.81. The lowest BCUT2D eigenvalue weighted by molar-refractivity contribution is -0.150. The monoisotopic (exact) mass is 709 g/mol. The van der Waals surface area contributed by atoms with Gasteiger partial charge in [-0.3, -0.25) is 19.2 Å². The summed E-state index contributed by atoms with van der Waals surface area (Å²) in [5.74, 6) is -12.9. The van der Waals surface area contributed by atoms with Gasteiger partial charge in [0.15, 0.2) is 0 Å². The summed E-state index contributed by atoms with van der Waals surface area (Å²) in [6, 6.07) is 5.54. The van der Waals surface area contributed by atoms with E-state index in [9.17, 15) is 28.0 Å². The third-order valence-electron chi connectivity index (χ3n) is 9.54. The number of anilines is 1. The first-order valence-corrected chi connectivity index (χ1v) is 16.6. The molecule has 50 heavy (non-hydrogen) atoms. The summed E-state index contributed by atoms with van der Waals surface area (Å²) in [5.41, 5.74) is -0.698. The van der Waals surface area contributed by atoms with Gasteiger partial charge in [0.25, 0.3) is 5.91 Å². The lowest BCUT2D eigenvalue weighted by Crippen LogP contribution is -2.55. The molecule has 0 bridgehead atoms. The van der Waals surface area contributed by atoms with Gasteiger partial charge in [-0.25, -0.2) is 13.2 Å². The molecule has 2 aromatic carbocycles. The maximum atomic E-state index is 15.6. The average Bonchev–Trinajstić information content (AvgIpc) is 3.10. The minimum absolute atomic E-state index is 0.126. The highest BCUT2D eigenvalue weighted by Gasteiger charge is 2.46. The van der Waals surface area contributed by atoms with E-state index in [1.54, 1.807) is 18.7 Å². The molecule has 1 saturated heterocycles. The highest BCUT2D eigenvalue weighted by atomic mass is 19.3. The van der Waals surface area contributed by atoms with Crippen LogP contribution in [0.25, 0.3) is 0 Å². The zero-order valence-corrected chi connectivity index (χ0v) is 28.5. The second-order valence-electron chi connectivity index (χ2n) is 13.0. The van der Waals surface area contributed by atoms with Gasteiger partial charge in [0.05, 0.1) is 12.8 Å². The Hall–Kier alpha value is -4.27. The number of ether oxygens (including phenoxy) is 1. The van der Waals surface area contributed by atoms with Crippen molar-refractivity contribution in [3.05, 3.63) is 59.4 Å². The van der Waals surface area contributed by atoms with Crippen LogP contribution in [0.2, 0.25) is 0 Å². The van der Waals surface area contributed by atoms with Gasteiger partial charge < -0.3 is 30.5 Å². The number of piperazine rings is 1. The molecule has 0 aromatic heterocycles. The van der Waals surface area contributed by atoms with Crippen LogP contribution in [-0.2, 0) is 25.1 Å². The number of likely N-dealkylation sites (N-methyl/N-ethyl adjacent to an activating group) is 1. The summed E-state index contributed by atoms with van der Waals surface area (Å²) in [6.45, 7) is 5.53. The van der Waals surface area contributed by atoms with E-state index < -0.39 is 71.8 Å². The lowest BCUT2D eigenvalue weighted by Gasteiger charge is -2.36. The Morgan fingerprint density at radius 1 is 0.980 bits per heavy atom. The molecular formula is C35H44F5N5O5. The number of nitrogens with zero attached hydrogens (tertiary/aromatic N) is 2. The normalized spacial score (nSPS) is 18.8. The van der Waals surface area contributed by atoms with Gasteiger partial charge in [-0.1, -0.05) is 19.9 Å². The number of alkyl halides is 4. The molecule has 15 heteroatoms. The number of halogens is 5. The summed E-state index contributed by atoms with van der Waals surface area (Å²) >= 11 is 0. The number of carbonyl (C=O) groups is 4.